The monoisotopic (exact) mass is 634 g/mol. The number of unbranched alkanes of at least 4 members (excludes halogenated alkanes) is 2. The summed E-state index contributed by atoms with van der Waals surface area (Å²) in [6, 6.07) is 19.2. The number of hydrogen-bond acceptors (Lipinski definition) is 6. The Morgan fingerprint density at radius 3 is 2.50 bits per heavy atom. The number of hydrogen-bond donors (Lipinski definition) is 3. The third-order valence-corrected chi connectivity index (χ3v) is 7.80. The standard InChI is InChI=1S/C34H33F3N4O5/c1-20-25(26-17-24(45-2)14-15-27(26)39-20)18-30(42)40-28(10-4-3-5-11-31(43)46-33(44)34(35,36)37)32-38-19-29(41-32)23-13-12-21-8-6-7-9-22(21)16-23/h6-9,12-17,19,28,39H,3-5,10-11,18H2,1-2H3,(H,38,41)(H,40,42)/t28-/m0/s1. The zero-order valence-corrected chi connectivity index (χ0v) is 25.3. The number of methoxy groups -OCH3 is 1. The van der Waals surface area contributed by atoms with Crippen molar-refractivity contribution in [3.63, 3.8) is 0 Å². The first kappa shape index (κ1) is 32.3. The summed E-state index contributed by atoms with van der Waals surface area (Å²) in [7, 11) is 1.58. The number of rotatable bonds is 12. The number of amides is 1. The number of imidazole rings is 1. The molecule has 12 heteroatoms. The Balaban J connectivity index is 1.29. The molecular weight excluding hydrogens is 601 g/mol. The van der Waals surface area contributed by atoms with Gasteiger partial charge in [0.15, 0.2) is 0 Å². The molecule has 0 bridgehead atoms. The minimum Gasteiger partial charge on any atom is -0.497 e. The molecule has 0 saturated heterocycles. The quantitative estimate of drug-likeness (QED) is 0.0770. The lowest BCUT2D eigenvalue weighted by molar-refractivity contribution is -0.201. The number of nitrogens with zero attached hydrogens (tertiary/aromatic N) is 1. The number of carbonyl (C=O) groups is 3. The molecule has 0 fully saturated rings. The lowest BCUT2D eigenvalue weighted by atomic mass is 10.0. The highest BCUT2D eigenvalue weighted by Crippen LogP contribution is 2.29. The summed E-state index contributed by atoms with van der Waals surface area (Å²) in [5.74, 6) is -2.76. The van der Waals surface area contributed by atoms with E-state index in [0.29, 0.717) is 30.8 Å². The molecule has 5 aromatic rings. The number of aryl methyl sites for hydroxylation is 1. The second-order valence-corrected chi connectivity index (χ2v) is 11.0. The number of fused-ring (bicyclic) bond motifs is 2. The summed E-state index contributed by atoms with van der Waals surface area (Å²) in [6.07, 6.45) is -2.14. The summed E-state index contributed by atoms with van der Waals surface area (Å²) in [5.41, 5.74) is 4.30. The van der Waals surface area contributed by atoms with Crippen LogP contribution in [0.25, 0.3) is 32.9 Å². The van der Waals surface area contributed by atoms with Crippen LogP contribution in [0.2, 0.25) is 0 Å². The topological polar surface area (TPSA) is 126 Å². The van der Waals surface area contributed by atoms with Gasteiger partial charge in [-0.1, -0.05) is 49.2 Å². The van der Waals surface area contributed by atoms with Crippen LogP contribution in [-0.2, 0) is 25.5 Å². The number of alkyl halides is 3. The molecule has 2 heterocycles. The van der Waals surface area contributed by atoms with Gasteiger partial charge in [0, 0.05) is 28.6 Å². The largest absolute Gasteiger partial charge is 0.497 e. The van der Waals surface area contributed by atoms with E-state index in [2.05, 4.69) is 31.1 Å². The van der Waals surface area contributed by atoms with Gasteiger partial charge in [0.2, 0.25) is 5.91 Å². The lowest BCUT2D eigenvalue weighted by Gasteiger charge is -2.17. The SMILES string of the molecule is COc1ccc2[nH]c(C)c(CC(=O)N[C@@H](CCCCCC(=O)OC(=O)C(F)(F)F)c3ncc(-c4ccc5ccccc5c4)[nH]3)c2c1. The molecule has 0 spiro atoms. The third-order valence-electron chi connectivity index (χ3n) is 7.80. The van der Waals surface area contributed by atoms with Crippen molar-refractivity contribution in [2.45, 2.75) is 57.7 Å². The molecule has 2 aromatic heterocycles. The van der Waals surface area contributed by atoms with E-state index in [9.17, 15) is 27.6 Å². The van der Waals surface area contributed by atoms with E-state index >= 15 is 0 Å². The first-order valence-corrected chi connectivity index (χ1v) is 14.8. The fourth-order valence-electron chi connectivity index (χ4n) is 5.42. The van der Waals surface area contributed by atoms with Crippen LogP contribution in [-0.4, -0.2) is 46.1 Å². The summed E-state index contributed by atoms with van der Waals surface area (Å²) in [4.78, 5) is 47.2. The molecule has 3 aromatic carbocycles. The van der Waals surface area contributed by atoms with Crippen LogP contribution in [0.3, 0.4) is 0 Å². The van der Waals surface area contributed by atoms with Crippen LogP contribution in [0.4, 0.5) is 13.2 Å². The molecule has 3 N–H and O–H groups in total. The van der Waals surface area contributed by atoms with E-state index in [1.54, 1.807) is 13.3 Å². The van der Waals surface area contributed by atoms with E-state index in [1.165, 1.54) is 0 Å². The van der Waals surface area contributed by atoms with Gasteiger partial charge in [0.05, 0.1) is 31.5 Å². The summed E-state index contributed by atoms with van der Waals surface area (Å²) >= 11 is 0. The van der Waals surface area contributed by atoms with Gasteiger partial charge in [-0.2, -0.15) is 13.2 Å². The molecule has 1 amide bonds. The van der Waals surface area contributed by atoms with Crippen molar-refractivity contribution in [2.24, 2.45) is 0 Å². The molecule has 1 atom stereocenters. The number of benzene rings is 3. The van der Waals surface area contributed by atoms with Crippen molar-refractivity contribution in [1.29, 1.82) is 0 Å². The van der Waals surface area contributed by atoms with Gasteiger partial charge in [-0.25, -0.2) is 9.78 Å². The van der Waals surface area contributed by atoms with Gasteiger partial charge in [-0.05, 0) is 60.4 Å². The zero-order chi connectivity index (χ0) is 32.8. The average molecular weight is 635 g/mol. The van der Waals surface area contributed by atoms with Crippen LogP contribution in [0.1, 0.15) is 55.2 Å². The van der Waals surface area contributed by atoms with Gasteiger partial charge < -0.3 is 24.8 Å². The first-order valence-electron chi connectivity index (χ1n) is 14.8. The maximum atomic E-state index is 13.4. The van der Waals surface area contributed by atoms with Crippen LogP contribution in [0.5, 0.6) is 5.75 Å². The van der Waals surface area contributed by atoms with Crippen LogP contribution in [0, 0.1) is 6.92 Å². The highest BCUT2D eigenvalue weighted by molar-refractivity contribution is 5.91. The molecule has 9 nitrogen and oxygen atoms in total. The Morgan fingerprint density at radius 1 is 0.957 bits per heavy atom. The zero-order valence-electron chi connectivity index (χ0n) is 25.3. The number of nitrogens with one attached hydrogen (secondary N) is 3. The van der Waals surface area contributed by atoms with Gasteiger partial charge in [-0.15, -0.1) is 0 Å². The number of halogens is 3. The Bertz CT molecular complexity index is 1880. The fourth-order valence-corrected chi connectivity index (χ4v) is 5.42. The normalized spacial score (nSPS) is 12.3. The molecule has 0 radical (unpaired) electrons. The van der Waals surface area contributed by atoms with Gasteiger partial charge in [0.1, 0.15) is 11.6 Å². The molecule has 0 unspecified atom stereocenters. The van der Waals surface area contributed by atoms with Gasteiger partial charge in [-0.3, -0.25) is 9.59 Å². The highest BCUT2D eigenvalue weighted by Gasteiger charge is 2.42. The predicted molar refractivity (Wildman–Crippen MR) is 166 cm³/mol. The maximum absolute atomic E-state index is 13.4. The minimum atomic E-state index is -5.23. The molecule has 46 heavy (non-hydrogen) atoms. The van der Waals surface area contributed by atoms with Crippen molar-refractivity contribution < 1.29 is 37.0 Å². The van der Waals surface area contributed by atoms with E-state index < -0.39 is 24.2 Å². The third kappa shape index (κ3) is 7.74. The maximum Gasteiger partial charge on any atom is 0.491 e. The summed E-state index contributed by atoms with van der Waals surface area (Å²) < 4.78 is 46.3. The van der Waals surface area contributed by atoms with Gasteiger partial charge in [0.25, 0.3) is 0 Å². The second-order valence-electron chi connectivity index (χ2n) is 11.0. The van der Waals surface area contributed by atoms with E-state index in [4.69, 9.17) is 4.74 Å². The van der Waals surface area contributed by atoms with Crippen molar-refractivity contribution >= 4 is 39.5 Å². The van der Waals surface area contributed by atoms with E-state index in [0.717, 1.165) is 44.2 Å². The Morgan fingerprint density at radius 2 is 1.74 bits per heavy atom. The van der Waals surface area contributed by atoms with Crippen LogP contribution < -0.4 is 10.1 Å². The van der Waals surface area contributed by atoms with Crippen molar-refractivity contribution in [1.82, 2.24) is 20.3 Å². The Labute approximate surface area is 262 Å². The number of ether oxygens (including phenoxy) is 2. The average Bonchev–Trinajstić information content (AvgIpc) is 3.64. The predicted octanol–water partition coefficient (Wildman–Crippen LogP) is 7.01. The van der Waals surface area contributed by atoms with E-state index in [-0.39, 0.29) is 25.2 Å². The van der Waals surface area contributed by atoms with Gasteiger partial charge >= 0.3 is 18.1 Å². The Hall–Kier alpha value is -5.13. The molecule has 0 aliphatic heterocycles. The molecule has 5 rings (SSSR count). The molecule has 0 saturated carbocycles. The smallest absolute Gasteiger partial charge is 0.491 e. The summed E-state index contributed by atoms with van der Waals surface area (Å²) in [6.45, 7) is 1.90. The molecule has 240 valence electrons. The molecular formula is C34H33F3N4O5. The van der Waals surface area contributed by atoms with Crippen molar-refractivity contribution in [3.8, 4) is 17.0 Å². The first-order chi connectivity index (χ1) is 22.0. The number of aromatic nitrogens is 3. The molecule has 0 aliphatic rings. The number of aromatic amines is 2. The number of H-pyrrole nitrogens is 2. The highest BCUT2D eigenvalue weighted by atomic mass is 19.4. The van der Waals surface area contributed by atoms with E-state index in [1.807, 2.05) is 61.5 Å². The van der Waals surface area contributed by atoms with Crippen molar-refractivity contribution in [3.05, 3.63) is 83.9 Å². The number of carbonyl (C=O) groups excluding carboxylic acids is 3. The lowest BCUT2D eigenvalue weighted by Crippen LogP contribution is -2.30. The number of esters is 2. The Kier molecular flexibility index (Phi) is 9.74. The van der Waals surface area contributed by atoms with Crippen LogP contribution in [0.15, 0.2) is 66.9 Å². The summed E-state index contributed by atoms with van der Waals surface area (Å²) in [5, 5.41) is 6.15. The van der Waals surface area contributed by atoms with Crippen molar-refractivity contribution in [2.75, 3.05) is 7.11 Å². The molecule has 0 aliphatic carbocycles. The van der Waals surface area contributed by atoms with Crippen LogP contribution >= 0.6 is 0 Å². The fraction of sp³-hybridized carbons (Fsp3) is 0.294. The minimum absolute atomic E-state index is 0.104. The second kappa shape index (κ2) is 13.9.